The van der Waals surface area contributed by atoms with Crippen LogP contribution in [0.2, 0.25) is 0 Å². The minimum Gasteiger partial charge on any atom is -0.348 e. The lowest BCUT2D eigenvalue weighted by Crippen LogP contribution is -2.23. The highest BCUT2D eigenvalue weighted by molar-refractivity contribution is 7.92. The molecule has 3 aromatic carbocycles. The minimum atomic E-state index is -4.05. The van der Waals surface area contributed by atoms with Gasteiger partial charge in [-0.1, -0.05) is 42.5 Å². The molecule has 0 saturated heterocycles. The van der Waals surface area contributed by atoms with Crippen LogP contribution in [0.3, 0.4) is 0 Å². The van der Waals surface area contributed by atoms with E-state index in [1.807, 2.05) is 38.4 Å². The van der Waals surface area contributed by atoms with Gasteiger partial charge in [-0.3, -0.25) is 9.52 Å². The van der Waals surface area contributed by atoms with Crippen LogP contribution in [0.5, 0.6) is 0 Å². The molecular formula is C23H24FN3O3S. The average molecular weight is 442 g/mol. The Hall–Kier alpha value is -3.23. The first-order chi connectivity index (χ1) is 14.7. The van der Waals surface area contributed by atoms with E-state index in [1.165, 1.54) is 48.0 Å². The third kappa shape index (κ3) is 6.13. The Morgan fingerprint density at radius 1 is 0.935 bits per heavy atom. The van der Waals surface area contributed by atoms with Crippen LogP contribution in [0.1, 0.15) is 21.5 Å². The molecular weight excluding hydrogens is 417 g/mol. The Kier molecular flexibility index (Phi) is 7.04. The number of rotatable bonds is 8. The highest BCUT2D eigenvalue weighted by atomic mass is 32.2. The van der Waals surface area contributed by atoms with E-state index in [1.54, 1.807) is 0 Å². The highest BCUT2D eigenvalue weighted by Gasteiger charge is 2.18. The van der Waals surface area contributed by atoms with Crippen LogP contribution >= 0.6 is 0 Å². The summed E-state index contributed by atoms with van der Waals surface area (Å²) < 4.78 is 41.2. The van der Waals surface area contributed by atoms with Crippen molar-refractivity contribution in [3.05, 3.63) is 95.3 Å². The lowest BCUT2D eigenvalue weighted by Gasteiger charge is -2.11. The summed E-state index contributed by atoms with van der Waals surface area (Å²) >= 11 is 0. The summed E-state index contributed by atoms with van der Waals surface area (Å²) in [6, 6.07) is 19.0. The predicted octanol–water partition coefficient (Wildman–Crippen LogP) is 3.62. The molecule has 3 aromatic rings. The van der Waals surface area contributed by atoms with Crippen molar-refractivity contribution in [3.8, 4) is 0 Å². The number of sulfonamides is 1. The number of hydrogen-bond donors (Lipinski definition) is 2. The van der Waals surface area contributed by atoms with Gasteiger partial charge in [0.25, 0.3) is 15.9 Å². The van der Waals surface area contributed by atoms with Gasteiger partial charge in [0, 0.05) is 18.7 Å². The van der Waals surface area contributed by atoms with Crippen molar-refractivity contribution in [2.24, 2.45) is 0 Å². The first-order valence-corrected chi connectivity index (χ1v) is 11.1. The second kappa shape index (κ2) is 9.72. The zero-order chi connectivity index (χ0) is 22.4. The molecule has 6 nitrogen and oxygen atoms in total. The number of anilines is 1. The lowest BCUT2D eigenvalue weighted by atomic mass is 10.1. The molecule has 0 aromatic heterocycles. The van der Waals surface area contributed by atoms with Gasteiger partial charge in [-0.15, -0.1) is 0 Å². The third-order valence-electron chi connectivity index (χ3n) is 4.50. The number of nitrogens with zero attached hydrogens (tertiary/aromatic N) is 1. The van der Waals surface area contributed by atoms with E-state index in [9.17, 15) is 17.6 Å². The molecule has 0 fully saturated rings. The van der Waals surface area contributed by atoms with Gasteiger partial charge in [0.15, 0.2) is 0 Å². The molecule has 0 heterocycles. The van der Waals surface area contributed by atoms with Crippen molar-refractivity contribution < 1.29 is 17.6 Å². The Morgan fingerprint density at radius 3 is 2.29 bits per heavy atom. The lowest BCUT2D eigenvalue weighted by molar-refractivity contribution is 0.0950. The van der Waals surface area contributed by atoms with Crippen molar-refractivity contribution >= 4 is 21.6 Å². The summed E-state index contributed by atoms with van der Waals surface area (Å²) in [6.07, 6.45) is 0. The fraction of sp³-hybridized carbons (Fsp3) is 0.174. The molecule has 0 bridgehead atoms. The molecule has 0 radical (unpaired) electrons. The van der Waals surface area contributed by atoms with E-state index in [0.29, 0.717) is 6.54 Å². The summed E-state index contributed by atoms with van der Waals surface area (Å²) in [5.41, 5.74) is 2.14. The van der Waals surface area contributed by atoms with Crippen LogP contribution in [-0.4, -0.2) is 33.3 Å². The first-order valence-electron chi connectivity index (χ1n) is 9.63. The Balaban J connectivity index is 1.68. The molecule has 2 N–H and O–H groups in total. The van der Waals surface area contributed by atoms with E-state index in [0.717, 1.165) is 18.2 Å². The van der Waals surface area contributed by atoms with Crippen LogP contribution in [0.4, 0.5) is 10.1 Å². The number of carbonyl (C=O) groups excluding carboxylic acids is 1. The summed E-state index contributed by atoms with van der Waals surface area (Å²) in [6.45, 7) is 1.14. The molecule has 3 rings (SSSR count). The Morgan fingerprint density at radius 2 is 1.61 bits per heavy atom. The third-order valence-corrected chi connectivity index (χ3v) is 5.86. The smallest absolute Gasteiger partial charge is 0.262 e. The molecule has 1 amide bonds. The number of para-hydroxylation sites is 1. The topological polar surface area (TPSA) is 78.5 Å². The summed E-state index contributed by atoms with van der Waals surface area (Å²) in [5.74, 6) is -1.09. The van der Waals surface area contributed by atoms with E-state index in [-0.39, 0.29) is 16.1 Å². The van der Waals surface area contributed by atoms with E-state index in [2.05, 4.69) is 14.9 Å². The first kappa shape index (κ1) is 22.5. The molecule has 31 heavy (non-hydrogen) atoms. The fourth-order valence-electron chi connectivity index (χ4n) is 2.96. The fourth-order valence-corrected chi connectivity index (χ4v) is 4.08. The summed E-state index contributed by atoms with van der Waals surface area (Å²) in [7, 11) is -0.0590. The van der Waals surface area contributed by atoms with Crippen LogP contribution in [0.15, 0.2) is 77.7 Å². The van der Waals surface area contributed by atoms with Gasteiger partial charge in [0.1, 0.15) is 5.82 Å². The van der Waals surface area contributed by atoms with Crippen molar-refractivity contribution in [2.45, 2.75) is 18.0 Å². The van der Waals surface area contributed by atoms with Crippen molar-refractivity contribution in [2.75, 3.05) is 18.8 Å². The molecule has 0 spiro atoms. The van der Waals surface area contributed by atoms with Gasteiger partial charge in [-0.05, 0) is 55.6 Å². The van der Waals surface area contributed by atoms with Gasteiger partial charge in [0.2, 0.25) is 0 Å². The SMILES string of the molecule is CN(C)Cc1ccc(CNC(=O)c2cccc(S(=O)(=O)Nc3ccccc3F)c2)cc1. The van der Waals surface area contributed by atoms with Crippen LogP contribution in [0.25, 0.3) is 0 Å². The minimum absolute atomic E-state index is 0.128. The molecule has 0 atom stereocenters. The van der Waals surface area contributed by atoms with Gasteiger partial charge in [-0.2, -0.15) is 0 Å². The Bertz CT molecular complexity index is 1160. The van der Waals surface area contributed by atoms with Crippen LogP contribution in [0, 0.1) is 5.82 Å². The maximum Gasteiger partial charge on any atom is 0.262 e. The maximum absolute atomic E-state index is 13.8. The van der Waals surface area contributed by atoms with Gasteiger partial charge in [0.05, 0.1) is 10.6 Å². The van der Waals surface area contributed by atoms with Crippen molar-refractivity contribution in [1.82, 2.24) is 10.2 Å². The van der Waals surface area contributed by atoms with E-state index in [4.69, 9.17) is 0 Å². The van der Waals surface area contributed by atoms with Crippen LogP contribution < -0.4 is 10.0 Å². The van der Waals surface area contributed by atoms with E-state index >= 15 is 0 Å². The molecule has 0 unspecified atom stereocenters. The van der Waals surface area contributed by atoms with Gasteiger partial charge >= 0.3 is 0 Å². The van der Waals surface area contributed by atoms with E-state index < -0.39 is 21.7 Å². The van der Waals surface area contributed by atoms with Crippen LogP contribution in [-0.2, 0) is 23.1 Å². The monoisotopic (exact) mass is 441 g/mol. The number of carbonyl (C=O) groups is 1. The van der Waals surface area contributed by atoms with Crippen molar-refractivity contribution in [3.63, 3.8) is 0 Å². The molecule has 0 aliphatic carbocycles. The molecule has 8 heteroatoms. The second-order valence-corrected chi connectivity index (χ2v) is 9.03. The number of amides is 1. The van der Waals surface area contributed by atoms with Gasteiger partial charge in [-0.25, -0.2) is 12.8 Å². The number of benzene rings is 3. The molecule has 0 saturated carbocycles. The predicted molar refractivity (Wildman–Crippen MR) is 119 cm³/mol. The molecule has 0 aliphatic heterocycles. The van der Waals surface area contributed by atoms with Gasteiger partial charge < -0.3 is 10.2 Å². The average Bonchev–Trinajstić information content (AvgIpc) is 2.74. The normalized spacial score (nSPS) is 11.4. The largest absolute Gasteiger partial charge is 0.348 e. The maximum atomic E-state index is 13.8. The molecule has 0 aliphatic rings. The van der Waals surface area contributed by atoms with Crippen molar-refractivity contribution in [1.29, 1.82) is 0 Å². The summed E-state index contributed by atoms with van der Waals surface area (Å²) in [5, 5.41) is 2.79. The second-order valence-electron chi connectivity index (χ2n) is 7.35. The zero-order valence-electron chi connectivity index (χ0n) is 17.3. The zero-order valence-corrected chi connectivity index (χ0v) is 18.1. The summed E-state index contributed by atoms with van der Waals surface area (Å²) in [4.78, 5) is 14.5. The molecule has 162 valence electrons. The highest BCUT2D eigenvalue weighted by Crippen LogP contribution is 2.19. The number of hydrogen-bond acceptors (Lipinski definition) is 4. The Labute approximate surface area is 181 Å². The number of nitrogens with one attached hydrogen (secondary N) is 2. The number of halogens is 1. The standard InChI is InChI=1S/C23H24FN3O3S/c1-27(2)16-18-12-10-17(11-13-18)15-25-23(28)19-6-5-7-20(14-19)31(29,30)26-22-9-4-3-8-21(22)24/h3-14,26H,15-16H2,1-2H3,(H,25,28). The quantitative estimate of drug-likeness (QED) is 0.560.